The Bertz CT molecular complexity index is 2670. The van der Waals surface area contributed by atoms with Gasteiger partial charge in [-0.3, -0.25) is 32.5 Å². The molecular formula is C97H168O16P2. The van der Waals surface area contributed by atoms with E-state index >= 15 is 0 Å². The van der Waals surface area contributed by atoms with Gasteiger partial charge in [-0.2, -0.15) is 0 Å². The summed E-state index contributed by atoms with van der Waals surface area (Å²) in [5.74, 6) is -1.58. The van der Waals surface area contributed by atoms with Crippen molar-refractivity contribution in [2.45, 2.75) is 411 Å². The fourth-order valence-corrected chi connectivity index (χ4v) is 14.2. The molecule has 5 atom stereocenters. The van der Waals surface area contributed by atoms with E-state index in [0.717, 1.165) is 161 Å². The lowest BCUT2D eigenvalue weighted by Crippen LogP contribution is -2.30. The fourth-order valence-electron chi connectivity index (χ4n) is 12.6. The molecule has 0 saturated heterocycles. The second-order valence-corrected chi connectivity index (χ2v) is 33.6. The minimum absolute atomic E-state index is 0.0876. The Kier molecular flexibility index (Phi) is 85.2. The first kappa shape index (κ1) is 110. The molecule has 0 aliphatic rings. The Labute approximate surface area is 702 Å². The number of phosphoric ester groups is 2. The van der Waals surface area contributed by atoms with E-state index < -0.39 is 91.5 Å². The van der Waals surface area contributed by atoms with Crippen LogP contribution in [0.1, 0.15) is 393 Å². The molecule has 0 aromatic carbocycles. The van der Waals surface area contributed by atoms with E-state index in [1.807, 2.05) is 0 Å². The van der Waals surface area contributed by atoms with Crippen molar-refractivity contribution >= 4 is 33.6 Å². The number of carbonyl (C=O) groups is 3. The van der Waals surface area contributed by atoms with Crippen LogP contribution in [-0.2, 0) is 55.8 Å². The highest BCUT2D eigenvalue weighted by Crippen LogP contribution is 2.45. The number of esters is 3. The lowest BCUT2D eigenvalue weighted by Gasteiger charge is -2.21. The first-order chi connectivity index (χ1) is 56.2. The number of rotatable bonds is 87. The van der Waals surface area contributed by atoms with Gasteiger partial charge in [-0.25, -0.2) is 9.13 Å². The van der Waals surface area contributed by atoms with Gasteiger partial charge in [0.2, 0.25) is 0 Å². The van der Waals surface area contributed by atoms with Crippen LogP contribution in [0.5, 0.6) is 0 Å². The third kappa shape index (κ3) is 90.0. The predicted molar refractivity (Wildman–Crippen MR) is 482 cm³/mol. The van der Waals surface area contributed by atoms with Gasteiger partial charge in [0.25, 0.3) is 0 Å². The van der Waals surface area contributed by atoms with Crippen LogP contribution >= 0.6 is 15.6 Å². The quantitative estimate of drug-likeness (QED) is 0.0146. The number of aliphatic hydroxyl groups excluding tert-OH is 2. The molecule has 0 bridgehead atoms. The minimum atomic E-state index is -4.94. The average Bonchev–Trinajstić information content (AvgIpc) is 0.902. The number of hydrogen-bond donors (Lipinski definition) is 4. The van der Waals surface area contributed by atoms with Crippen molar-refractivity contribution < 1.29 is 75.8 Å². The van der Waals surface area contributed by atoms with Crippen molar-refractivity contribution in [3.8, 4) is 0 Å². The van der Waals surface area contributed by atoms with Crippen molar-refractivity contribution in [2.24, 2.45) is 0 Å². The van der Waals surface area contributed by atoms with Crippen LogP contribution in [0.25, 0.3) is 0 Å². The number of unbranched alkanes of at least 4 members (excludes halogenated alkanes) is 40. The van der Waals surface area contributed by atoms with E-state index in [4.69, 9.17) is 32.3 Å². The molecular weight excluding hydrogens is 1480 g/mol. The molecule has 0 aliphatic heterocycles. The Morgan fingerprint density at radius 1 is 0.252 bits per heavy atom. The highest BCUT2D eigenvalue weighted by molar-refractivity contribution is 7.47. The van der Waals surface area contributed by atoms with Gasteiger partial charge in [0, 0.05) is 19.3 Å². The topological polar surface area (TPSA) is 231 Å². The van der Waals surface area contributed by atoms with Gasteiger partial charge < -0.3 is 34.2 Å². The third-order valence-corrected chi connectivity index (χ3v) is 21.4. The fraction of sp³-hybridized carbons (Fsp3) is 0.722. The van der Waals surface area contributed by atoms with Gasteiger partial charge in [0.05, 0.1) is 26.4 Å². The van der Waals surface area contributed by atoms with Crippen molar-refractivity contribution in [1.82, 2.24) is 0 Å². The van der Waals surface area contributed by atoms with Crippen molar-refractivity contribution in [1.29, 1.82) is 0 Å². The van der Waals surface area contributed by atoms with Crippen LogP contribution in [0.2, 0.25) is 0 Å². The third-order valence-electron chi connectivity index (χ3n) is 19.5. The number of aliphatic hydroxyl groups is 2. The van der Waals surface area contributed by atoms with E-state index in [-0.39, 0.29) is 19.3 Å². The maximum absolute atomic E-state index is 13.0. The van der Waals surface area contributed by atoms with Crippen LogP contribution < -0.4 is 0 Å². The summed E-state index contributed by atoms with van der Waals surface area (Å²) in [4.78, 5) is 58.9. The molecule has 0 saturated carbocycles. The lowest BCUT2D eigenvalue weighted by molar-refractivity contribution is -0.161. The smallest absolute Gasteiger partial charge is 0.463 e. The molecule has 0 fully saturated rings. The number of phosphoric acid groups is 2. The Morgan fingerprint density at radius 2 is 0.461 bits per heavy atom. The van der Waals surface area contributed by atoms with Gasteiger partial charge in [-0.15, -0.1) is 0 Å². The summed E-state index contributed by atoms with van der Waals surface area (Å²) in [7, 11) is -9.80. The molecule has 0 amide bonds. The Morgan fingerprint density at radius 3 is 0.730 bits per heavy atom. The Hall–Kier alpha value is -4.57. The summed E-state index contributed by atoms with van der Waals surface area (Å²) in [6.45, 7) is 2.46. The van der Waals surface area contributed by atoms with Gasteiger partial charge in [-0.05, 0) is 141 Å². The zero-order valence-electron chi connectivity index (χ0n) is 72.9. The molecule has 0 aromatic rings. The molecule has 0 spiro atoms. The maximum atomic E-state index is 13.0. The van der Waals surface area contributed by atoms with E-state index in [1.165, 1.54) is 173 Å². The first-order valence-corrected chi connectivity index (χ1v) is 49.1. The molecule has 16 nitrogen and oxygen atoms in total. The second-order valence-electron chi connectivity index (χ2n) is 30.7. The number of carbonyl (C=O) groups excluding carboxylic acids is 3. The summed E-state index contributed by atoms with van der Waals surface area (Å²) in [5.41, 5.74) is 0. The van der Waals surface area contributed by atoms with E-state index in [9.17, 15) is 43.5 Å². The van der Waals surface area contributed by atoms with Gasteiger partial charge in [0.15, 0.2) is 6.10 Å². The van der Waals surface area contributed by atoms with Gasteiger partial charge in [-0.1, -0.05) is 378 Å². The zero-order chi connectivity index (χ0) is 83.6. The molecule has 115 heavy (non-hydrogen) atoms. The lowest BCUT2D eigenvalue weighted by atomic mass is 10.0. The van der Waals surface area contributed by atoms with Crippen LogP contribution in [0.3, 0.4) is 0 Å². The van der Waals surface area contributed by atoms with Crippen LogP contribution in [0.4, 0.5) is 0 Å². The standard InChI is InChI=1S/C97H168O16P2/c1-4-7-10-13-16-19-22-25-28-30-32-34-36-38-40-42-43-44-45-46-47-49-51-52-54-56-58-60-63-65-68-71-74-77-80-83-95(100)107-86-92(98)87-109-114(103,104)110-88-93(99)89-111-115(105,106)112-91-94(113-97(102)85-82-79-76-73-70-67-62-27-24-21-18-15-12-9-6-3)90-108-96(101)84-81-78-75-72-69-66-64-61-59-57-55-53-50-48-41-39-37-35-33-31-29-26-23-20-17-14-11-8-5-2/h7-8,10-11,16-21,25-29,32-35,38-41,62,92-94,98-99H,4-6,9,12-15,22-24,30-31,36-37,42-61,63-91H2,1-3H3,(H,103,104)(H,105,106)/b10-7-,11-8-,19-16-,20-17-,21-18-,28-25-,29-26-,34-32-,35-33-,40-38-,41-39-,62-27-. The molecule has 0 aromatic heterocycles. The Balaban J connectivity index is 4.42. The molecule has 18 heteroatoms. The monoisotopic (exact) mass is 1650 g/mol. The van der Waals surface area contributed by atoms with Crippen LogP contribution in [-0.4, -0.2) is 95.9 Å². The molecule has 0 aliphatic carbocycles. The summed E-state index contributed by atoms with van der Waals surface area (Å²) < 4.78 is 61.4. The molecule has 0 rings (SSSR count). The van der Waals surface area contributed by atoms with E-state index in [2.05, 4.69) is 167 Å². The second kappa shape index (κ2) is 88.7. The number of hydrogen-bond acceptors (Lipinski definition) is 14. The summed E-state index contributed by atoms with van der Waals surface area (Å²) in [6.07, 6.45) is 112. The van der Waals surface area contributed by atoms with Crippen molar-refractivity contribution in [3.05, 3.63) is 146 Å². The number of allylic oxidation sites excluding steroid dienone is 24. The van der Waals surface area contributed by atoms with Crippen LogP contribution in [0.15, 0.2) is 146 Å². The first-order valence-electron chi connectivity index (χ1n) is 46.1. The molecule has 0 radical (unpaired) electrons. The molecule has 5 unspecified atom stereocenters. The highest BCUT2D eigenvalue weighted by Gasteiger charge is 2.29. The van der Waals surface area contributed by atoms with Crippen molar-refractivity contribution in [2.75, 3.05) is 39.6 Å². The minimum Gasteiger partial charge on any atom is -0.463 e. The normalized spacial score (nSPS) is 14.5. The average molecular weight is 1650 g/mol. The summed E-state index contributed by atoms with van der Waals surface area (Å²) in [6, 6.07) is 0. The highest BCUT2D eigenvalue weighted by atomic mass is 31.2. The number of ether oxygens (including phenoxy) is 3. The van der Waals surface area contributed by atoms with Gasteiger partial charge >= 0.3 is 33.6 Å². The van der Waals surface area contributed by atoms with Crippen molar-refractivity contribution in [3.63, 3.8) is 0 Å². The van der Waals surface area contributed by atoms with Gasteiger partial charge in [0.1, 0.15) is 25.4 Å². The predicted octanol–water partition coefficient (Wildman–Crippen LogP) is 28.3. The molecule has 4 N–H and O–H groups in total. The largest absolute Gasteiger partial charge is 0.472 e. The molecule has 662 valence electrons. The molecule has 0 heterocycles. The SMILES string of the molecule is CC/C=C\C/C=C\C/C=C\C/C=C\C/C=C\CCCCCCCCCCCCCCCCCCCCCC(=O)OCC(O)COP(=O)(O)OCC(O)COP(=O)(O)OCC(COC(=O)CCCCCCCCCCCCCCC/C=C\C/C=C\C/C=C\C/C=C\C/C=C\CC)OC(=O)CCCCCCC/C=C\C/C=C\CCCCC. The van der Waals surface area contributed by atoms with Crippen LogP contribution in [0, 0.1) is 0 Å². The summed E-state index contributed by atoms with van der Waals surface area (Å²) >= 11 is 0. The maximum Gasteiger partial charge on any atom is 0.472 e. The van der Waals surface area contributed by atoms with E-state index in [0.29, 0.717) is 19.3 Å². The zero-order valence-corrected chi connectivity index (χ0v) is 74.7. The summed E-state index contributed by atoms with van der Waals surface area (Å²) in [5, 5.41) is 20.7. The van der Waals surface area contributed by atoms with E-state index in [1.54, 1.807) is 0 Å².